The number of anilines is 1. The third-order valence-corrected chi connectivity index (χ3v) is 3.69. The zero-order chi connectivity index (χ0) is 14.1. The minimum Gasteiger partial charge on any atom is -0.399 e. The van der Waals surface area contributed by atoms with Crippen molar-refractivity contribution in [2.24, 2.45) is 0 Å². The van der Waals surface area contributed by atoms with E-state index in [-0.39, 0.29) is 0 Å². The summed E-state index contributed by atoms with van der Waals surface area (Å²) in [6.45, 7) is 0. The van der Waals surface area contributed by atoms with Gasteiger partial charge in [-0.05, 0) is 48.2 Å². The molecule has 3 aromatic rings. The molecule has 0 aliphatic rings. The first-order chi connectivity index (χ1) is 9.65. The van der Waals surface area contributed by atoms with E-state index in [4.69, 9.17) is 11.0 Å². The number of imidazole rings is 1. The fraction of sp³-hybridized carbons (Fsp3) is 0. The van der Waals surface area contributed by atoms with Gasteiger partial charge in [-0.3, -0.25) is 0 Å². The molecule has 0 bridgehead atoms. The maximum absolute atomic E-state index is 13.8. The van der Waals surface area contributed by atoms with Crippen LogP contribution >= 0.6 is 11.8 Å². The molecule has 6 heteroatoms. The van der Waals surface area contributed by atoms with E-state index in [0.717, 1.165) is 11.0 Å². The predicted octanol–water partition coefficient (Wildman–Crippen LogP) is 3.31. The molecule has 0 aliphatic carbocycles. The van der Waals surface area contributed by atoms with Gasteiger partial charge in [-0.25, -0.2) is 9.37 Å². The quantitative estimate of drug-likeness (QED) is 0.708. The molecular formula is C14H9FN4S. The van der Waals surface area contributed by atoms with Crippen LogP contribution in [0.5, 0.6) is 0 Å². The van der Waals surface area contributed by atoms with Gasteiger partial charge in [0.2, 0.25) is 0 Å². The smallest absolute Gasteiger partial charge is 0.171 e. The second-order valence-electron chi connectivity index (χ2n) is 4.18. The Kier molecular flexibility index (Phi) is 3.05. The average Bonchev–Trinajstić information content (AvgIpc) is 2.82. The van der Waals surface area contributed by atoms with Crippen LogP contribution in [0, 0.1) is 17.1 Å². The summed E-state index contributed by atoms with van der Waals surface area (Å²) < 4.78 is 13.8. The van der Waals surface area contributed by atoms with E-state index in [1.165, 1.54) is 17.8 Å². The topological polar surface area (TPSA) is 78.5 Å². The number of aromatic nitrogens is 2. The molecule has 20 heavy (non-hydrogen) atoms. The van der Waals surface area contributed by atoms with Gasteiger partial charge in [0.15, 0.2) is 5.16 Å². The normalized spacial score (nSPS) is 10.6. The van der Waals surface area contributed by atoms with Gasteiger partial charge in [0.1, 0.15) is 5.82 Å². The highest BCUT2D eigenvalue weighted by atomic mass is 32.2. The number of nitriles is 1. The Hall–Kier alpha value is -2.52. The van der Waals surface area contributed by atoms with Crippen molar-refractivity contribution < 1.29 is 4.39 Å². The zero-order valence-corrected chi connectivity index (χ0v) is 11.0. The highest BCUT2D eigenvalue weighted by Crippen LogP contribution is 2.30. The van der Waals surface area contributed by atoms with E-state index < -0.39 is 5.82 Å². The minimum absolute atomic E-state index is 0.296. The SMILES string of the molecule is N#Cc1ccc(Sc2nc3ccc(N)cc3[nH]2)c(F)c1. The van der Waals surface area contributed by atoms with Crippen LogP contribution in [0.1, 0.15) is 5.56 Å². The molecule has 0 aliphatic heterocycles. The van der Waals surface area contributed by atoms with Gasteiger partial charge in [0.25, 0.3) is 0 Å². The van der Waals surface area contributed by atoms with Crippen LogP contribution in [-0.2, 0) is 0 Å². The highest BCUT2D eigenvalue weighted by molar-refractivity contribution is 7.99. The van der Waals surface area contributed by atoms with Crippen molar-refractivity contribution in [3.63, 3.8) is 0 Å². The number of hydrogen-bond acceptors (Lipinski definition) is 4. The summed E-state index contributed by atoms with van der Waals surface area (Å²) in [6, 6.07) is 11.6. The number of nitrogens with zero attached hydrogens (tertiary/aromatic N) is 2. The number of nitrogen functional groups attached to an aromatic ring is 1. The zero-order valence-electron chi connectivity index (χ0n) is 10.2. The number of benzene rings is 2. The Morgan fingerprint density at radius 3 is 2.85 bits per heavy atom. The molecule has 0 saturated heterocycles. The molecule has 0 atom stereocenters. The molecule has 0 spiro atoms. The second-order valence-corrected chi connectivity index (χ2v) is 5.21. The van der Waals surface area contributed by atoms with Crippen LogP contribution in [0.25, 0.3) is 11.0 Å². The number of fused-ring (bicyclic) bond motifs is 1. The van der Waals surface area contributed by atoms with Crippen molar-refractivity contribution in [1.82, 2.24) is 9.97 Å². The Labute approximate surface area is 118 Å². The maximum Gasteiger partial charge on any atom is 0.171 e. The number of nitrogens with one attached hydrogen (secondary N) is 1. The van der Waals surface area contributed by atoms with Crippen molar-refractivity contribution >= 4 is 28.5 Å². The first kappa shape index (κ1) is 12.5. The fourth-order valence-electron chi connectivity index (χ4n) is 1.81. The van der Waals surface area contributed by atoms with Gasteiger partial charge in [-0.15, -0.1) is 0 Å². The summed E-state index contributed by atoms with van der Waals surface area (Å²) in [6.07, 6.45) is 0. The standard InChI is InChI=1S/C14H9FN4S/c15-10-5-8(7-16)1-4-13(10)20-14-18-11-3-2-9(17)6-12(11)19-14/h1-6H,17H2,(H,18,19). The fourth-order valence-corrected chi connectivity index (χ4v) is 2.62. The molecule has 0 fully saturated rings. The first-order valence-electron chi connectivity index (χ1n) is 5.78. The summed E-state index contributed by atoms with van der Waals surface area (Å²) in [7, 11) is 0. The molecule has 2 aromatic carbocycles. The lowest BCUT2D eigenvalue weighted by Crippen LogP contribution is -1.84. The molecule has 0 unspecified atom stereocenters. The van der Waals surface area contributed by atoms with E-state index in [9.17, 15) is 4.39 Å². The van der Waals surface area contributed by atoms with Gasteiger partial charge in [0.05, 0.1) is 27.6 Å². The van der Waals surface area contributed by atoms with Crippen molar-refractivity contribution in [3.05, 3.63) is 47.8 Å². The maximum atomic E-state index is 13.8. The van der Waals surface area contributed by atoms with E-state index in [0.29, 0.717) is 21.3 Å². The molecule has 0 amide bonds. The first-order valence-corrected chi connectivity index (χ1v) is 6.60. The van der Waals surface area contributed by atoms with Crippen LogP contribution in [0.2, 0.25) is 0 Å². The lowest BCUT2D eigenvalue weighted by atomic mass is 10.2. The highest BCUT2D eigenvalue weighted by Gasteiger charge is 2.09. The Bertz CT molecular complexity index is 835. The number of rotatable bonds is 2. The summed E-state index contributed by atoms with van der Waals surface area (Å²) in [5.41, 5.74) is 8.21. The van der Waals surface area contributed by atoms with Gasteiger partial charge >= 0.3 is 0 Å². The van der Waals surface area contributed by atoms with Crippen LogP contribution in [-0.4, -0.2) is 9.97 Å². The van der Waals surface area contributed by atoms with Crippen molar-refractivity contribution in [1.29, 1.82) is 5.26 Å². The van der Waals surface area contributed by atoms with Crippen molar-refractivity contribution in [2.75, 3.05) is 5.73 Å². The predicted molar refractivity (Wildman–Crippen MR) is 75.7 cm³/mol. The van der Waals surface area contributed by atoms with Gasteiger partial charge in [-0.1, -0.05) is 0 Å². The van der Waals surface area contributed by atoms with E-state index in [2.05, 4.69) is 9.97 Å². The van der Waals surface area contributed by atoms with Gasteiger partial charge in [0, 0.05) is 5.69 Å². The average molecular weight is 284 g/mol. The second kappa shape index (κ2) is 4.87. The summed E-state index contributed by atoms with van der Waals surface area (Å²) in [4.78, 5) is 7.85. The molecule has 98 valence electrons. The molecule has 1 heterocycles. The Morgan fingerprint density at radius 1 is 1.25 bits per heavy atom. The number of H-pyrrole nitrogens is 1. The third-order valence-electron chi connectivity index (χ3n) is 2.75. The van der Waals surface area contributed by atoms with Crippen molar-refractivity contribution in [2.45, 2.75) is 10.1 Å². The van der Waals surface area contributed by atoms with Crippen LogP contribution in [0.4, 0.5) is 10.1 Å². The molecule has 3 rings (SSSR count). The molecular weight excluding hydrogens is 275 g/mol. The van der Waals surface area contributed by atoms with Gasteiger partial charge < -0.3 is 10.7 Å². The van der Waals surface area contributed by atoms with Crippen LogP contribution in [0.15, 0.2) is 46.5 Å². The lowest BCUT2D eigenvalue weighted by molar-refractivity contribution is 0.601. The number of nitrogens with two attached hydrogens (primary N) is 1. The molecule has 4 nitrogen and oxygen atoms in total. The summed E-state index contributed by atoms with van der Waals surface area (Å²) in [5.74, 6) is -0.436. The summed E-state index contributed by atoms with van der Waals surface area (Å²) in [5, 5.41) is 9.29. The van der Waals surface area contributed by atoms with E-state index in [1.807, 2.05) is 6.07 Å². The number of halogens is 1. The summed E-state index contributed by atoms with van der Waals surface area (Å²) >= 11 is 1.17. The van der Waals surface area contributed by atoms with Gasteiger partial charge in [-0.2, -0.15) is 5.26 Å². The van der Waals surface area contributed by atoms with E-state index >= 15 is 0 Å². The number of aromatic amines is 1. The third kappa shape index (κ3) is 2.31. The van der Waals surface area contributed by atoms with Crippen LogP contribution < -0.4 is 5.73 Å². The molecule has 0 radical (unpaired) electrons. The monoisotopic (exact) mass is 284 g/mol. The lowest BCUT2D eigenvalue weighted by Gasteiger charge is -2.00. The largest absolute Gasteiger partial charge is 0.399 e. The minimum atomic E-state index is -0.436. The van der Waals surface area contributed by atoms with Crippen molar-refractivity contribution in [3.8, 4) is 6.07 Å². The van der Waals surface area contributed by atoms with Crippen LogP contribution in [0.3, 0.4) is 0 Å². The number of hydrogen-bond donors (Lipinski definition) is 2. The Balaban J connectivity index is 1.95. The molecule has 0 saturated carbocycles. The molecule has 1 aromatic heterocycles. The Morgan fingerprint density at radius 2 is 2.10 bits per heavy atom. The molecule has 3 N–H and O–H groups in total. The van der Waals surface area contributed by atoms with E-state index in [1.54, 1.807) is 30.3 Å².